The molecular formula is C12H12Cl3NO2. The first kappa shape index (κ1) is 13.9. The topological polar surface area (TPSA) is 49.3 Å². The van der Waals surface area contributed by atoms with Crippen molar-refractivity contribution in [1.29, 1.82) is 0 Å². The van der Waals surface area contributed by atoms with E-state index in [0.717, 1.165) is 12.0 Å². The molecule has 0 spiro atoms. The lowest BCUT2D eigenvalue weighted by Gasteiger charge is -2.19. The molecule has 1 fully saturated rings. The maximum atomic E-state index is 11.8. The summed E-state index contributed by atoms with van der Waals surface area (Å²) in [5.41, 5.74) is 1.11. The third-order valence-corrected chi connectivity index (χ3v) is 3.56. The Kier molecular flexibility index (Phi) is 4.07. The number of carbonyl (C=O) groups is 1. The molecule has 2 N–H and O–H groups in total. The second-order valence-corrected chi connectivity index (χ2v) is 6.68. The van der Waals surface area contributed by atoms with E-state index in [1.54, 1.807) is 0 Å². The van der Waals surface area contributed by atoms with Crippen molar-refractivity contribution in [2.75, 3.05) is 0 Å². The third kappa shape index (κ3) is 3.29. The van der Waals surface area contributed by atoms with Crippen molar-refractivity contribution in [3.63, 3.8) is 0 Å². The molecule has 0 unspecified atom stereocenters. The lowest BCUT2D eigenvalue weighted by molar-refractivity contribution is -0.125. The fraction of sp³-hybridized carbons (Fsp3) is 0.417. The van der Waals surface area contributed by atoms with Gasteiger partial charge in [0.15, 0.2) is 6.23 Å². The molecule has 0 bridgehead atoms. The van der Waals surface area contributed by atoms with Crippen LogP contribution in [-0.2, 0) is 4.79 Å². The number of halogens is 3. The first-order valence-corrected chi connectivity index (χ1v) is 6.63. The van der Waals surface area contributed by atoms with Crippen LogP contribution in [0, 0.1) is 5.92 Å². The number of aliphatic hydroxyl groups is 1. The summed E-state index contributed by atoms with van der Waals surface area (Å²) in [7, 11) is 0. The van der Waals surface area contributed by atoms with Crippen LogP contribution in [0.15, 0.2) is 30.3 Å². The molecule has 2 rings (SSSR count). The van der Waals surface area contributed by atoms with Gasteiger partial charge in [-0.05, 0) is 17.9 Å². The fourth-order valence-electron chi connectivity index (χ4n) is 1.88. The summed E-state index contributed by atoms with van der Waals surface area (Å²) in [4.78, 5) is 11.8. The van der Waals surface area contributed by atoms with Gasteiger partial charge in [0.05, 0.1) is 0 Å². The van der Waals surface area contributed by atoms with Crippen LogP contribution in [0.4, 0.5) is 0 Å². The molecule has 1 amide bonds. The van der Waals surface area contributed by atoms with Crippen molar-refractivity contribution in [2.24, 2.45) is 5.92 Å². The Labute approximate surface area is 120 Å². The average molecular weight is 309 g/mol. The fourth-order valence-corrected chi connectivity index (χ4v) is 2.04. The highest BCUT2D eigenvalue weighted by Crippen LogP contribution is 2.47. The molecule has 3 nitrogen and oxygen atoms in total. The molecule has 0 radical (unpaired) electrons. The zero-order valence-corrected chi connectivity index (χ0v) is 11.6. The second-order valence-electron chi connectivity index (χ2n) is 4.31. The van der Waals surface area contributed by atoms with Crippen LogP contribution >= 0.6 is 34.8 Å². The molecule has 18 heavy (non-hydrogen) atoms. The van der Waals surface area contributed by atoms with Crippen LogP contribution < -0.4 is 5.32 Å². The van der Waals surface area contributed by atoms with E-state index in [-0.39, 0.29) is 17.7 Å². The predicted molar refractivity (Wildman–Crippen MR) is 71.7 cm³/mol. The van der Waals surface area contributed by atoms with Crippen molar-refractivity contribution in [3.05, 3.63) is 35.9 Å². The number of hydrogen-bond acceptors (Lipinski definition) is 2. The number of hydrogen-bond donors (Lipinski definition) is 2. The van der Waals surface area contributed by atoms with Gasteiger partial charge < -0.3 is 10.4 Å². The standard InChI is InChI=1S/C12H12Cl3NO2/c13-12(14,15)11(18)16-10(17)9-6-8(9)7-4-2-1-3-5-7/h1-5,8-9,11,18H,6H2,(H,16,17)/t8-,9+,11+/m1/s1. The summed E-state index contributed by atoms with van der Waals surface area (Å²) in [6, 6.07) is 9.73. The summed E-state index contributed by atoms with van der Waals surface area (Å²) in [5, 5.41) is 11.8. The van der Waals surface area contributed by atoms with Gasteiger partial charge in [0.25, 0.3) is 0 Å². The molecule has 1 aliphatic rings. The lowest BCUT2D eigenvalue weighted by Crippen LogP contribution is -2.44. The molecule has 98 valence electrons. The van der Waals surface area contributed by atoms with Crippen LogP contribution in [0.25, 0.3) is 0 Å². The largest absolute Gasteiger partial charge is 0.369 e. The van der Waals surface area contributed by atoms with Crippen molar-refractivity contribution in [3.8, 4) is 0 Å². The molecule has 0 heterocycles. The van der Waals surface area contributed by atoms with Gasteiger partial charge in [-0.15, -0.1) is 0 Å². The van der Waals surface area contributed by atoms with Gasteiger partial charge in [0.1, 0.15) is 0 Å². The summed E-state index contributed by atoms with van der Waals surface area (Å²) in [5.74, 6) is -0.258. The second kappa shape index (κ2) is 5.25. The third-order valence-electron chi connectivity index (χ3n) is 2.94. The molecule has 0 aromatic heterocycles. The SMILES string of the molecule is O=C(N[C@@H](O)C(Cl)(Cl)Cl)[C@H]1C[C@@H]1c1ccccc1. The minimum atomic E-state index is -1.91. The van der Waals surface area contributed by atoms with E-state index in [1.165, 1.54) is 0 Å². The number of nitrogens with one attached hydrogen (secondary N) is 1. The Morgan fingerprint density at radius 3 is 2.50 bits per heavy atom. The highest BCUT2D eigenvalue weighted by molar-refractivity contribution is 6.68. The maximum Gasteiger partial charge on any atom is 0.234 e. The first-order valence-electron chi connectivity index (χ1n) is 5.49. The van der Waals surface area contributed by atoms with Crippen molar-refractivity contribution < 1.29 is 9.90 Å². The summed E-state index contributed by atoms with van der Waals surface area (Å²) < 4.78 is -1.91. The van der Waals surface area contributed by atoms with E-state index in [1.807, 2.05) is 30.3 Å². The van der Waals surface area contributed by atoms with Gasteiger partial charge in [-0.2, -0.15) is 0 Å². The number of rotatable bonds is 3. The minimum absolute atomic E-state index is 0.158. The van der Waals surface area contributed by atoms with Crippen molar-refractivity contribution >= 4 is 40.7 Å². The van der Waals surface area contributed by atoms with Crippen LogP contribution in [-0.4, -0.2) is 21.0 Å². The highest BCUT2D eigenvalue weighted by Gasteiger charge is 2.45. The molecular weight excluding hydrogens is 296 g/mol. The predicted octanol–water partition coefficient (Wildman–Crippen LogP) is 2.59. The zero-order chi connectivity index (χ0) is 13.3. The molecule has 6 heteroatoms. The minimum Gasteiger partial charge on any atom is -0.369 e. The monoisotopic (exact) mass is 307 g/mol. The zero-order valence-electron chi connectivity index (χ0n) is 9.32. The number of amides is 1. The van der Waals surface area contributed by atoms with Gasteiger partial charge in [-0.25, -0.2) is 0 Å². The van der Waals surface area contributed by atoms with Gasteiger partial charge in [-0.3, -0.25) is 4.79 Å². The van der Waals surface area contributed by atoms with Gasteiger partial charge in [-0.1, -0.05) is 65.1 Å². The molecule has 1 aliphatic carbocycles. The van der Waals surface area contributed by atoms with Crippen LogP contribution in [0.1, 0.15) is 17.9 Å². The van der Waals surface area contributed by atoms with Crippen molar-refractivity contribution in [1.82, 2.24) is 5.32 Å². The first-order chi connectivity index (χ1) is 8.39. The Hall–Kier alpha value is -0.480. The summed E-state index contributed by atoms with van der Waals surface area (Å²) in [6.45, 7) is 0. The van der Waals surface area contributed by atoms with Gasteiger partial charge >= 0.3 is 0 Å². The van der Waals surface area contributed by atoms with Crippen LogP contribution in [0.3, 0.4) is 0 Å². The number of benzene rings is 1. The molecule has 1 saturated carbocycles. The number of alkyl halides is 3. The Morgan fingerprint density at radius 2 is 1.94 bits per heavy atom. The molecule has 1 aromatic rings. The quantitative estimate of drug-likeness (QED) is 0.666. The molecule has 1 aromatic carbocycles. The van der Waals surface area contributed by atoms with Gasteiger partial charge in [0, 0.05) is 5.92 Å². The van der Waals surface area contributed by atoms with Crippen LogP contribution in [0.5, 0.6) is 0 Å². The normalized spacial score (nSPS) is 24.4. The lowest BCUT2D eigenvalue weighted by atomic mass is 10.1. The molecule has 0 aliphatic heterocycles. The van der Waals surface area contributed by atoms with E-state index < -0.39 is 10.0 Å². The van der Waals surface area contributed by atoms with Gasteiger partial charge in [0.2, 0.25) is 9.70 Å². The summed E-state index contributed by atoms with van der Waals surface area (Å²) >= 11 is 16.4. The smallest absolute Gasteiger partial charge is 0.234 e. The molecule has 0 saturated heterocycles. The number of carbonyl (C=O) groups excluding carboxylic acids is 1. The van der Waals surface area contributed by atoms with Crippen molar-refractivity contribution in [2.45, 2.75) is 22.4 Å². The number of aliphatic hydroxyl groups excluding tert-OH is 1. The van der Waals surface area contributed by atoms with E-state index in [0.29, 0.717) is 0 Å². The molecule has 3 atom stereocenters. The van der Waals surface area contributed by atoms with E-state index >= 15 is 0 Å². The van der Waals surface area contributed by atoms with E-state index in [9.17, 15) is 9.90 Å². The Morgan fingerprint density at radius 1 is 1.33 bits per heavy atom. The Bertz CT molecular complexity index is 433. The van der Waals surface area contributed by atoms with Crippen LogP contribution in [0.2, 0.25) is 0 Å². The summed E-state index contributed by atoms with van der Waals surface area (Å²) in [6.07, 6.45) is -0.741. The Balaban J connectivity index is 1.91. The van der Waals surface area contributed by atoms with E-state index in [4.69, 9.17) is 34.8 Å². The average Bonchev–Trinajstić information content (AvgIpc) is 3.08. The highest BCUT2D eigenvalue weighted by atomic mass is 35.6. The maximum absolute atomic E-state index is 11.8. The van der Waals surface area contributed by atoms with E-state index in [2.05, 4.69) is 5.32 Å².